The summed E-state index contributed by atoms with van der Waals surface area (Å²) in [5, 5.41) is 0. The molecule has 1 aliphatic rings. The van der Waals surface area contributed by atoms with Gasteiger partial charge in [-0.15, -0.1) is 0 Å². The number of para-hydroxylation sites is 2. The number of sulfonamides is 1. The van der Waals surface area contributed by atoms with Crippen molar-refractivity contribution in [1.82, 2.24) is 14.2 Å². The van der Waals surface area contributed by atoms with Crippen molar-refractivity contribution in [3.63, 3.8) is 0 Å². The lowest BCUT2D eigenvalue weighted by Crippen LogP contribution is -2.36. The van der Waals surface area contributed by atoms with Gasteiger partial charge in [-0.1, -0.05) is 12.1 Å². The molecular weight excluding hydrogens is 409 g/mol. The van der Waals surface area contributed by atoms with Crippen LogP contribution in [-0.2, 0) is 14.8 Å². The largest absolute Gasteiger partial charge is 0.437 e. The van der Waals surface area contributed by atoms with E-state index in [1.54, 1.807) is 11.0 Å². The molecule has 3 aromatic rings. The molecule has 9 heteroatoms. The molecule has 1 aliphatic heterocycles. The van der Waals surface area contributed by atoms with Gasteiger partial charge >= 0.3 is 0 Å². The second kappa shape index (κ2) is 8.37. The monoisotopic (exact) mass is 429 g/mol. The van der Waals surface area contributed by atoms with Gasteiger partial charge in [0.1, 0.15) is 11.3 Å². The number of oxazole rings is 1. The van der Waals surface area contributed by atoms with E-state index in [9.17, 15) is 17.6 Å². The molecule has 0 N–H and O–H groups in total. The lowest BCUT2D eigenvalue weighted by Gasteiger charge is -2.21. The molecule has 0 saturated carbocycles. The first kappa shape index (κ1) is 20.2. The van der Waals surface area contributed by atoms with Crippen molar-refractivity contribution >= 4 is 33.1 Å². The zero-order valence-electron chi connectivity index (χ0n) is 16.1. The van der Waals surface area contributed by atoms with E-state index in [1.807, 2.05) is 18.2 Å². The van der Waals surface area contributed by atoms with E-state index in [4.69, 9.17) is 4.42 Å². The van der Waals surface area contributed by atoms with Crippen molar-refractivity contribution in [2.45, 2.75) is 11.3 Å². The van der Waals surface area contributed by atoms with E-state index in [0.29, 0.717) is 36.5 Å². The maximum Gasteiger partial charge on any atom is 0.246 e. The highest BCUT2D eigenvalue weighted by molar-refractivity contribution is 7.89. The lowest BCUT2D eigenvalue weighted by molar-refractivity contribution is -0.125. The molecule has 0 aliphatic carbocycles. The van der Waals surface area contributed by atoms with Gasteiger partial charge in [-0.25, -0.2) is 17.8 Å². The fourth-order valence-electron chi connectivity index (χ4n) is 3.32. The number of halogens is 1. The molecule has 1 saturated heterocycles. The van der Waals surface area contributed by atoms with Crippen LogP contribution in [0, 0.1) is 5.82 Å². The van der Waals surface area contributed by atoms with Gasteiger partial charge < -0.3 is 9.32 Å². The Morgan fingerprint density at radius 2 is 1.80 bits per heavy atom. The van der Waals surface area contributed by atoms with Crippen molar-refractivity contribution in [2.75, 3.05) is 26.2 Å². The van der Waals surface area contributed by atoms with Gasteiger partial charge in [0.25, 0.3) is 0 Å². The van der Waals surface area contributed by atoms with Gasteiger partial charge in [0.2, 0.25) is 21.8 Å². The Morgan fingerprint density at radius 3 is 2.57 bits per heavy atom. The molecule has 0 bridgehead atoms. The molecular formula is C21H20FN3O4S. The van der Waals surface area contributed by atoms with E-state index in [0.717, 1.165) is 12.1 Å². The van der Waals surface area contributed by atoms with Crippen LogP contribution in [0.1, 0.15) is 12.3 Å². The van der Waals surface area contributed by atoms with Crippen molar-refractivity contribution in [3.8, 4) is 0 Å². The van der Waals surface area contributed by atoms with Gasteiger partial charge in [0.05, 0.1) is 4.90 Å². The molecule has 0 radical (unpaired) electrons. The first-order chi connectivity index (χ1) is 14.4. The van der Waals surface area contributed by atoms with Gasteiger partial charge in [-0.3, -0.25) is 4.79 Å². The molecule has 156 valence electrons. The van der Waals surface area contributed by atoms with Crippen LogP contribution in [-0.4, -0.2) is 54.7 Å². The van der Waals surface area contributed by atoms with E-state index in [-0.39, 0.29) is 23.9 Å². The summed E-state index contributed by atoms with van der Waals surface area (Å²) in [6.07, 6.45) is 3.40. The summed E-state index contributed by atoms with van der Waals surface area (Å²) >= 11 is 0. The highest BCUT2D eigenvalue weighted by Gasteiger charge is 2.27. The molecule has 0 spiro atoms. The first-order valence-electron chi connectivity index (χ1n) is 9.52. The number of aromatic nitrogens is 1. The van der Waals surface area contributed by atoms with Crippen LogP contribution in [0.15, 0.2) is 63.9 Å². The number of hydrogen-bond acceptors (Lipinski definition) is 5. The van der Waals surface area contributed by atoms with Gasteiger partial charge in [-0.2, -0.15) is 4.31 Å². The second-order valence-electron chi connectivity index (χ2n) is 6.89. The number of carbonyl (C=O) groups is 1. The number of carbonyl (C=O) groups excluding carboxylic acids is 1. The van der Waals surface area contributed by atoms with Crippen LogP contribution in [0.4, 0.5) is 4.39 Å². The number of hydrogen-bond donors (Lipinski definition) is 0. The average molecular weight is 429 g/mol. The Balaban J connectivity index is 1.42. The molecule has 2 aromatic carbocycles. The Morgan fingerprint density at radius 1 is 1.03 bits per heavy atom. The summed E-state index contributed by atoms with van der Waals surface area (Å²) in [4.78, 5) is 18.5. The third-order valence-electron chi connectivity index (χ3n) is 4.90. The van der Waals surface area contributed by atoms with Crippen molar-refractivity contribution < 1.29 is 22.0 Å². The molecule has 30 heavy (non-hydrogen) atoms. The molecule has 0 unspecified atom stereocenters. The van der Waals surface area contributed by atoms with E-state index in [1.165, 1.54) is 28.6 Å². The minimum Gasteiger partial charge on any atom is -0.437 e. The summed E-state index contributed by atoms with van der Waals surface area (Å²) in [6, 6.07) is 12.1. The van der Waals surface area contributed by atoms with Crippen molar-refractivity contribution in [2.24, 2.45) is 0 Å². The third-order valence-corrected chi connectivity index (χ3v) is 6.81. The maximum atomic E-state index is 13.1. The number of fused-ring (bicyclic) bond motifs is 1. The molecule has 4 rings (SSSR count). The molecule has 0 atom stereocenters. The molecule has 7 nitrogen and oxygen atoms in total. The predicted octanol–water partition coefficient (Wildman–Crippen LogP) is 2.90. The van der Waals surface area contributed by atoms with Crippen molar-refractivity contribution in [1.29, 1.82) is 0 Å². The standard InChI is InChI=1S/C21H20FN3O4S/c22-16-6-8-17(9-7-16)30(27,28)25-13-3-12-24(14-15-25)21(26)11-10-20-23-18-4-1-2-5-19(18)29-20/h1-2,4-11H,3,12-15H2. The van der Waals surface area contributed by atoms with Crippen molar-refractivity contribution in [3.05, 3.63) is 66.3 Å². The van der Waals surface area contributed by atoms with Crippen LogP contribution >= 0.6 is 0 Å². The van der Waals surface area contributed by atoms with Crippen LogP contribution in [0.5, 0.6) is 0 Å². The Bertz CT molecular complexity index is 1160. The minimum atomic E-state index is -3.74. The molecule has 1 amide bonds. The minimum absolute atomic E-state index is 0.0412. The number of rotatable bonds is 4. The highest BCUT2D eigenvalue weighted by Crippen LogP contribution is 2.19. The SMILES string of the molecule is O=C(C=Cc1nc2ccccc2o1)N1CCCN(S(=O)(=O)c2ccc(F)cc2)CC1. The molecule has 1 fully saturated rings. The summed E-state index contributed by atoms with van der Waals surface area (Å²) < 4.78 is 45.6. The van der Waals surface area contributed by atoms with Crippen LogP contribution in [0.2, 0.25) is 0 Å². The fraction of sp³-hybridized carbons (Fsp3) is 0.238. The maximum absolute atomic E-state index is 13.1. The smallest absolute Gasteiger partial charge is 0.246 e. The summed E-state index contributed by atoms with van der Waals surface area (Å²) in [5.41, 5.74) is 1.35. The quantitative estimate of drug-likeness (QED) is 0.596. The summed E-state index contributed by atoms with van der Waals surface area (Å²) in [6.45, 7) is 1.16. The van der Waals surface area contributed by atoms with Gasteiger partial charge in [-0.05, 0) is 42.8 Å². The Labute approximate surface area is 173 Å². The Hall–Kier alpha value is -3.04. The third kappa shape index (κ3) is 4.27. The van der Waals surface area contributed by atoms with E-state index < -0.39 is 15.8 Å². The van der Waals surface area contributed by atoms with E-state index >= 15 is 0 Å². The summed E-state index contributed by atoms with van der Waals surface area (Å²) in [5.74, 6) is -0.398. The van der Waals surface area contributed by atoms with Gasteiger partial charge in [0.15, 0.2) is 5.58 Å². The average Bonchev–Trinajstić information content (AvgIpc) is 2.98. The number of benzene rings is 2. The predicted molar refractivity (Wildman–Crippen MR) is 109 cm³/mol. The number of nitrogens with zero attached hydrogens (tertiary/aromatic N) is 3. The normalized spacial score (nSPS) is 16.2. The molecule has 2 heterocycles. The van der Waals surface area contributed by atoms with Crippen LogP contribution < -0.4 is 0 Å². The topological polar surface area (TPSA) is 83.7 Å². The van der Waals surface area contributed by atoms with Gasteiger partial charge in [0, 0.05) is 38.3 Å². The lowest BCUT2D eigenvalue weighted by atomic mass is 10.3. The fourth-order valence-corrected chi connectivity index (χ4v) is 4.79. The van der Waals surface area contributed by atoms with Crippen LogP contribution in [0.25, 0.3) is 17.2 Å². The first-order valence-corrected chi connectivity index (χ1v) is 11.0. The highest BCUT2D eigenvalue weighted by atomic mass is 32.2. The van der Waals surface area contributed by atoms with E-state index in [2.05, 4.69) is 4.98 Å². The number of amides is 1. The molecule has 1 aromatic heterocycles. The second-order valence-corrected chi connectivity index (χ2v) is 8.83. The van der Waals surface area contributed by atoms with Crippen LogP contribution in [0.3, 0.4) is 0 Å². The summed E-state index contributed by atoms with van der Waals surface area (Å²) in [7, 11) is -3.74. The zero-order valence-corrected chi connectivity index (χ0v) is 16.9. The Kier molecular flexibility index (Phi) is 5.65. The zero-order chi connectivity index (χ0) is 21.1.